The molecule has 0 unspecified atom stereocenters. The number of para-hydroxylation sites is 2. The Hall–Kier alpha value is -7.88. The van der Waals surface area contributed by atoms with Crippen molar-refractivity contribution in [3.63, 3.8) is 0 Å². The van der Waals surface area contributed by atoms with Gasteiger partial charge in [-0.3, -0.25) is 0 Å². The average Bonchev–Trinajstić information content (AvgIpc) is 3.83. The van der Waals surface area contributed by atoms with Crippen LogP contribution in [-0.2, 0) is 5.41 Å². The molecule has 0 bridgehead atoms. The Balaban J connectivity index is 0.980. The van der Waals surface area contributed by atoms with Crippen molar-refractivity contribution in [1.29, 1.82) is 0 Å². The number of hydrogen-bond acceptors (Lipinski definition) is 3. The lowest BCUT2D eigenvalue weighted by atomic mass is 9.67. The normalized spacial score (nSPS) is 13.4. The minimum atomic E-state index is -0.527. The van der Waals surface area contributed by atoms with Crippen LogP contribution in [0.3, 0.4) is 0 Å². The number of fused-ring (bicyclic) bond motifs is 10. The van der Waals surface area contributed by atoms with Gasteiger partial charge in [0.25, 0.3) is 0 Å². The number of hydrogen-bond donors (Lipinski definition) is 0. The summed E-state index contributed by atoms with van der Waals surface area (Å²) >= 11 is 0. The molecule has 3 nitrogen and oxygen atoms in total. The fraction of sp³-hybridized carbons (Fsp3) is 0.0175. The van der Waals surface area contributed by atoms with E-state index in [0.29, 0.717) is 23.0 Å². The molecule has 0 atom stereocenters. The highest BCUT2D eigenvalue weighted by Crippen LogP contribution is 2.60. The zero-order valence-electron chi connectivity index (χ0n) is 32.4. The van der Waals surface area contributed by atoms with Crippen LogP contribution in [0.4, 0.5) is 0 Å². The quantitative estimate of drug-likeness (QED) is 0.167. The average molecular weight is 767 g/mol. The number of rotatable bonds is 4. The van der Waals surface area contributed by atoms with Crippen LogP contribution in [-0.4, -0.2) is 0 Å². The lowest BCUT2D eigenvalue weighted by Gasteiger charge is -2.34. The monoisotopic (exact) mass is 766 g/mol. The van der Waals surface area contributed by atoms with Crippen molar-refractivity contribution in [3.8, 4) is 56.4 Å². The van der Waals surface area contributed by atoms with Crippen molar-refractivity contribution in [3.05, 3.63) is 229 Å². The van der Waals surface area contributed by atoms with Crippen molar-refractivity contribution < 1.29 is 13.9 Å². The van der Waals surface area contributed by atoms with Gasteiger partial charge in [-0.15, -0.1) is 0 Å². The number of benzene rings is 10. The second-order valence-electron chi connectivity index (χ2n) is 15.9. The second-order valence-corrected chi connectivity index (χ2v) is 15.9. The van der Waals surface area contributed by atoms with Gasteiger partial charge in [-0.05, 0) is 96.4 Å². The van der Waals surface area contributed by atoms with Crippen molar-refractivity contribution in [1.82, 2.24) is 0 Å². The van der Waals surface area contributed by atoms with Crippen LogP contribution < -0.4 is 9.47 Å². The van der Waals surface area contributed by atoms with E-state index < -0.39 is 5.41 Å². The van der Waals surface area contributed by atoms with E-state index >= 15 is 0 Å². The SMILES string of the molecule is c1ccc(C2(c3ccccc3)c3ccccc3-c3cc4c(cc32)Oc2ccc(-c3c5ccccc5c(-c5cccc6c5oc5ccccc56)c5ccccc35)cc2O4)cc1. The maximum absolute atomic E-state index is 6.92. The molecule has 10 aromatic carbocycles. The van der Waals surface area contributed by atoms with Crippen LogP contribution in [0.5, 0.6) is 23.0 Å². The molecule has 0 saturated heterocycles. The van der Waals surface area contributed by atoms with E-state index in [9.17, 15) is 0 Å². The van der Waals surface area contributed by atoms with Gasteiger partial charge in [0.05, 0.1) is 5.41 Å². The molecule has 2 aliphatic rings. The van der Waals surface area contributed by atoms with Gasteiger partial charge in [-0.1, -0.05) is 176 Å². The van der Waals surface area contributed by atoms with E-state index in [1.54, 1.807) is 0 Å². The molecule has 60 heavy (non-hydrogen) atoms. The first-order valence-corrected chi connectivity index (χ1v) is 20.5. The van der Waals surface area contributed by atoms with E-state index in [1.165, 1.54) is 27.8 Å². The second kappa shape index (κ2) is 12.6. The van der Waals surface area contributed by atoms with Crippen LogP contribution in [0.15, 0.2) is 211 Å². The molecule has 0 spiro atoms. The predicted molar refractivity (Wildman–Crippen MR) is 243 cm³/mol. The van der Waals surface area contributed by atoms with Gasteiger partial charge in [-0.25, -0.2) is 0 Å². The summed E-state index contributed by atoms with van der Waals surface area (Å²) in [6.07, 6.45) is 0. The summed E-state index contributed by atoms with van der Waals surface area (Å²) < 4.78 is 20.4. The van der Waals surface area contributed by atoms with Gasteiger partial charge in [0.2, 0.25) is 0 Å². The summed E-state index contributed by atoms with van der Waals surface area (Å²) in [5, 5.41) is 6.88. The molecule has 0 saturated carbocycles. The van der Waals surface area contributed by atoms with Crippen molar-refractivity contribution in [2.24, 2.45) is 0 Å². The first kappa shape index (κ1) is 33.1. The Morgan fingerprint density at radius 3 is 1.57 bits per heavy atom. The van der Waals surface area contributed by atoms with Gasteiger partial charge in [0, 0.05) is 21.9 Å². The first-order chi connectivity index (χ1) is 29.8. The number of furan rings is 1. The van der Waals surface area contributed by atoms with E-state index in [-0.39, 0.29) is 0 Å². The van der Waals surface area contributed by atoms with Gasteiger partial charge in [0.1, 0.15) is 11.2 Å². The minimum absolute atomic E-state index is 0.527. The molecule has 11 aromatic rings. The molecule has 1 aliphatic heterocycles. The van der Waals surface area contributed by atoms with Crippen molar-refractivity contribution in [2.45, 2.75) is 5.41 Å². The largest absolute Gasteiger partial charge is 0.455 e. The first-order valence-electron chi connectivity index (χ1n) is 20.5. The highest BCUT2D eigenvalue weighted by Gasteiger charge is 2.47. The molecule has 13 rings (SSSR count). The van der Waals surface area contributed by atoms with Crippen LogP contribution in [0, 0.1) is 0 Å². The van der Waals surface area contributed by atoms with Crippen LogP contribution in [0.1, 0.15) is 22.3 Å². The summed E-state index contributed by atoms with van der Waals surface area (Å²) in [6, 6.07) is 73.5. The topological polar surface area (TPSA) is 31.6 Å². The Bertz CT molecular complexity index is 3450. The van der Waals surface area contributed by atoms with E-state index in [2.05, 4.69) is 194 Å². The molecule has 3 heteroatoms. The summed E-state index contributed by atoms with van der Waals surface area (Å²) in [7, 11) is 0. The highest BCUT2D eigenvalue weighted by atomic mass is 16.6. The summed E-state index contributed by atoms with van der Waals surface area (Å²) in [5.41, 5.74) is 12.9. The zero-order valence-corrected chi connectivity index (χ0v) is 32.4. The fourth-order valence-corrected chi connectivity index (χ4v) is 10.3. The van der Waals surface area contributed by atoms with Gasteiger partial charge in [0.15, 0.2) is 23.0 Å². The van der Waals surface area contributed by atoms with Gasteiger partial charge in [-0.2, -0.15) is 0 Å². The summed E-state index contributed by atoms with van der Waals surface area (Å²) in [5.74, 6) is 2.79. The van der Waals surface area contributed by atoms with Crippen LogP contribution in [0.2, 0.25) is 0 Å². The van der Waals surface area contributed by atoms with E-state index in [4.69, 9.17) is 13.9 Å². The van der Waals surface area contributed by atoms with Gasteiger partial charge >= 0.3 is 0 Å². The highest BCUT2D eigenvalue weighted by molar-refractivity contribution is 6.24. The lowest BCUT2D eigenvalue weighted by Crippen LogP contribution is -2.28. The Morgan fingerprint density at radius 2 is 0.850 bits per heavy atom. The van der Waals surface area contributed by atoms with Crippen molar-refractivity contribution >= 4 is 43.5 Å². The fourth-order valence-electron chi connectivity index (χ4n) is 10.3. The maximum Gasteiger partial charge on any atom is 0.170 e. The van der Waals surface area contributed by atoms with Crippen molar-refractivity contribution in [2.75, 3.05) is 0 Å². The minimum Gasteiger partial charge on any atom is -0.455 e. The van der Waals surface area contributed by atoms with E-state index in [1.807, 2.05) is 12.1 Å². The number of ether oxygens (including phenoxy) is 2. The molecule has 1 aromatic heterocycles. The van der Waals surface area contributed by atoms with Gasteiger partial charge < -0.3 is 13.9 Å². The summed E-state index contributed by atoms with van der Waals surface area (Å²) in [6.45, 7) is 0. The molecule has 0 N–H and O–H groups in total. The third-order valence-electron chi connectivity index (χ3n) is 12.8. The smallest absolute Gasteiger partial charge is 0.170 e. The Kier molecular flexibility index (Phi) is 6.93. The molecule has 2 heterocycles. The van der Waals surface area contributed by atoms with Crippen LogP contribution in [0.25, 0.3) is 76.9 Å². The standard InChI is InChI=1S/C57H34O3/c1-3-16-36(17-4-1)57(37-18-5-2-6-19-37)47-28-13-11-20-38(47)46-33-52-53(34-48(46)57)58-50-31-30-35(32-51(50)59-52)54-40-22-7-9-24-42(40)55(43-25-10-8-23-41(43)54)45-27-15-26-44-39-21-12-14-29-49(39)60-56(44)45/h1-34H. The third-order valence-corrected chi connectivity index (χ3v) is 12.8. The third kappa shape index (κ3) is 4.54. The Labute approximate surface area is 346 Å². The van der Waals surface area contributed by atoms with E-state index in [0.717, 1.165) is 71.3 Å². The zero-order chi connectivity index (χ0) is 39.4. The maximum atomic E-state index is 6.92. The molecule has 1 aliphatic carbocycles. The molecule has 0 amide bonds. The molecular weight excluding hydrogens is 733 g/mol. The molecule has 0 radical (unpaired) electrons. The predicted octanol–water partition coefficient (Wildman–Crippen LogP) is 15.5. The Morgan fingerprint density at radius 1 is 0.317 bits per heavy atom. The van der Waals surface area contributed by atoms with Crippen LogP contribution >= 0.6 is 0 Å². The molecule has 280 valence electrons. The molecule has 0 fully saturated rings. The summed E-state index contributed by atoms with van der Waals surface area (Å²) in [4.78, 5) is 0. The lowest BCUT2D eigenvalue weighted by molar-refractivity contribution is 0.359. The molecular formula is C57H34O3.